The van der Waals surface area contributed by atoms with Crippen LogP contribution < -0.4 is 15.6 Å². The van der Waals surface area contributed by atoms with Crippen molar-refractivity contribution < 1.29 is 0 Å². The Hall–Kier alpha value is -4.81. The minimum Gasteiger partial charge on any atom is -0.0656 e. The average Bonchev–Trinajstić information content (AvgIpc) is 3.24. The first-order valence-corrected chi connectivity index (χ1v) is 34.9. The molecule has 0 amide bonds. The minimum absolute atomic E-state index is 0.0258. The fourth-order valence-electron chi connectivity index (χ4n) is 9.05. The van der Waals surface area contributed by atoms with E-state index in [2.05, 4.69) is 267 Å². The summed E-state index contributed by atoms with van der Waals surface area (Å²) in [4.78, 5) is 0. The van der Waals surface area contributed by atoms with Gasteiger partial charge in [0.05, 0.1) is 24.2 Å². The van der Waals surface area contributed by atoms with E-state index in [9.17, 15) is 0 Å². The maximum Gasteiger partial charge on any atom is 0.0775 e. The molecule has 7 aromatic carbocycles. The summed E-state index contributed by atoms with van der Waals surface area (Å²) in [5.41, 5.74) is 19.0. The van der Waals surface area contributed by atoms with Crippen LogP contribution in [0.15, 0.2) is 146 Å². The summed E-state index contributed by atoms with van der Waals surface area (Å²) >= 11 is 0. The molecular formula is C63H78Si3. The Morgan fingerprint density at radius 3 is 0.621 bits per heavy atom. The zero-order chi connectivity index (χ0) is 48.4. The van der Waals surface area contributed by atoms with E-state index in [0.717, 1.165) is 0 Å². The summed E-state index contributed by atoms with van der Waals surface area (Å²) in [6.45, 7) is 43.0. The molecule has 0 aliphatic carbocycles. The van der Waals surface area contributed by atoms with Crippen molar-refractivity contribution in [2.75, 3.05) is 0 Å². The van der Waals surface area contributed by atoms with Crippen molar-refractivity contribution in [1.82, 2.24) is 0 Å². The molecule has 0 saturated carbocycles. The van der Waals surface area contributed by atoms with Gasteiger partial charge in [-0.05, 0) is 118 Å². The Labute approximate surface area is 404 Å². The molecule has 66 heavy (non-hydrogen) atoms. The predicted molar refractivity (Wildman–Crippen MR) is 304 cm³/mol. The predicted octanol–water partition coefficient (Wildman–Crippen LogP) is 17.2. The molecule has 0 aromatic heterocycles. The van der Waals surface area contributed by atoms with Crippen molar-refractivity contribution in [1.29, 1.82) is 0 Å². The topological polar surface area (TPSA) is 0 Å². The Morgan fingerprint density at radius 1 is 0.227 bits per heavy atom. The highest BCUT2D eigenvalue weighted by Gasteiger charge is 2.25. The van der Waals surface area contributed by atoms with Gasteiger partial charge in [-0.2, -0.15) is 0 Å². The third-order valence-electron chi connectivity index (χ3n) is 13.7. The van der Waals surface area contributed by atoms with Gasteiger partial charge in [-0.3, -0.25) is 0 Å². The second kappa shape index (κ2) is 17.7. The summed E-state index contributed by atoms with van der Waals surface area (Å²) in [6, 6.07) is 57.8. The van der Waals surface area contributed by atoms with E-state index in [4.69, 9.17) is 0 Å². The zero-order valence-electron chi connectivity index (χ0n) is 43.9. The van der Waals surface area contributed by atoms with Gasteiger partial charge in [0.15, 0.2) is 0 Å². The van der Waals surface area contributed by atoms with Crippen molar-refractivity contribution in [2.45, 2.75) is 137 Å². The highest BCUT2D eigenvalue weighted by atomic mass is 28.3. The largest absolute Gasteiger partial charge is 0.0775 e. The Bertz CT molecular complexity index is 2520. The van der Waals surface area contributed by atoms with Gasteiger partial charge in [-0.25, -0.2) is 0 Å². The molecule has 3 heteroatoms. The second-order valence-electron chi connectivity index (χ2n) is 25.3. The average molecular weight is 920 g/mol. The molecule has 0 radical (unpaired) electrons. The molecule has 0 bridgehead atoms. The van der Waals surface area contributed by atoms with E-state index in [1.54, 1.807) is 0 Å². The summed E-state index contributed by atoms with van der Waals surface area (Å²) in [5, 5.41) is 4.45. The van der Waals surface area contributed by atoms with Gasteiger partial charge in [0.25, 0.3) is 0 Å². The van der Waals surface area contributed by atoms with Crippen LogP contribution in [0.2, 0.25) is 58.9 Å². The molecule has 342 valence electrons. The molecule has 7 rings (SSSR count). The van der Waals surface area contributed by atoms with Gasteiger partial charge >= 0.3 is 0 Å². The van der Waals surface area contributed by atoms with Crippen molar-refractivity contribution >= 4 is 39.8 Å². The molecule has 7 aromatic rings. The molecule has 0 aliphatic rings. The van der Waals surface area contributed by atoms with E-state index >= 15 is 0 Å². The van der Waals surface area contributed by atoms with Crippen molar-refractivity contribution in [3.05, 3.63) is 162 Å². The smallest absolute Gasteiger partial charge is 0.0656 e. The molecule has 0 aliphatic heterocycles. The lowest BCUT2D eigenvalue weighted by atomic mass is 9.79. The second-order valence-corrected chi connectivity index (χ2v) is 40.5. The number of benzene rings is 7. The summed E-state index contributed by atoms with van der Waals surface area (Å²) in [5.74, 6) is 0. The van der Waals surface area contributed by atoms with E-state index in [1.165, 1.54) is 99.0 Å². The van der Waals surface area contributed by atoms with Gasteiger partial charge in [0, 0.05) is 0 Å². The fraction of sp³-hybridized carbons (Fsp3) is 0.333. The van der Waals surface area contributed by atoms with Crippen molar-refractivity contribution in [3.8, 4) is 66.8 Å². The maximum atomic E-state index is 2.50. The molecule has 0 heterocycles. The number of hydrogen-bond acceptors (Lipinski definition) is 0. The molecule has 0 spiro atoms. The highest BCUT2D eigenvalue weighted by molar-refractivity contribution is 6.89. The maximum absolute atomic E-state index is 2.50. The SMILES string of the molecule is CC(C)(C)c1ccc(-c2ccc([Si](C)(C)C)cc2)c(-c2cc(-c3cc(C(C)(C)C)ccc3-c3ccc([Si](C)(C)C)cc3)cc(-c3cc(C(C)(C)C)ccc3-c3ccc([Si](C)(C)C)cc3)c2)c1. The van der Waals surface area contributed by atoms with E-state index < -0.39 is 24.2 Å². The highest BCUT2D eigenvalue weighted by Crippen LogP contribution is 2.45. The third-order valence-corrected chi connectivity index (χ3v) is 19.9. The first-order valence-electron chi connectivity index (χ1n) is 24.4. The van der Waals surface area contributed by atoms with Crippen LogP contribution in [0, 0.1) is 0 Å². The summed E-state index contributed by atoms with van der Waals surface area (Å²) in [6.07, 6.45) is 0. The van der Waals surface area contributed by atoms with E-state index in [1.807, 2.05) is 0 Å². The van der Waals surface area contributed by atoms with Gasteiger partial charge in [-0.1, -0.05) is 264 Å². The molecule has 0 saturated heterocycles. The molecule has 0 unspecified atom stereocenters. The first kappa shape index (κ1) is 49.1. The van der Waals surface area contributed by atoms with Crippen LogP contribution >= 0.6 is 0 Å². The van der Waals surface area contributed by atoms with Crippen LogP contribution in [0.5, 0.6) is 0 Å². The van der Waals surface area contributed by atoms with Crippen LogP contribution in [0.4, 0.5) is 0 Å². The summed E-state index contributed by atoms with van der Waals surface area (Å²) in [7, 11) is -4.45. The van der Waals surface area contributed by atoms with Crippen molar-refractivity contribution in [3.63, 3.8) is 0 Å². The van der Waals surface area contributed by atoms with Crippen LogP contribution in [-0.4, -0.2) is 24.2 Å². The quantitative estimate of drug-likeness (QED) is 0.127. The van der Waals surface area contributed by atoms with Crippen LogP contribution in [0.1, 0.15) is 79.0 Å². The fourth-order valence-corrected chi connectivity index (χ4v) is 12.5. The Morgan fingerprint density at radius 2 is 0.439 bits per heavy atom. The molecule has 0 nitrogen and oxygen atoms in total. The first-order chi connectivity index (χ1) is 30.5. The third kappa shape index (κ3) is 10.8. The molecule has 0 atom stereocenters. The summed E-state index contributed by atoms with van der Waals surface area (Å²) < 4.78 is 0. The molecule has 0 fully saturated rings. The van der Waals surface area contributed by atoms with Crippen LogP contribution in [0.3, 0.4) is 0 Å². The lowest BCUT2D eigenvalue weighted by molar-refractivity contribution is 0.590. The van der Waals surface area contributed by atoms with Crippen molar-refractivity contribution in [2.24, 2.45) is 0 Å². The Balaban J connectivity index is 1.60. The van der Waals surface area contributed by atoms with Gasteiger partial charge in [-0.15, -0.1) is 0 Å². The normalized spacial score (nSPS) is 13.0. The van der Waals surface area contributed by atoms with Gasteiger partial charge in [0.2, 0.25) is 0 Å². The Kier molecular flexibility index (Phi) is 13.2. The van der Waals surface area contributed by atoms with Gasteiger partial charge in [0.1, 0.15) is 0 Å². The minimum atomic E-state index is -1.48. The van der Waals surface area contributed by atoms with Crippen LogP contribution in [0.25, 0.3) is 66.8 Å². The number of rotatable bonds is 9. The number of hydrogen-bond donors (Lipinski definition) is 0. The van der Waals surface area contributed by atoms with E-state index in [0.29, 0.717) is 0 Å². The standard InChI is InChI=1S/C63H78Si3/c1-61(2,3)49-25-34-55(43-19-28-52(29-20-43)64(10,11)12)58(40-49)46-37-47(59-41-50(62(4,5)6)26-35-56(59)44-21-30-53(31-22-44)65(13,14)15)39-48(38-46)60-42-51(63(7,8)9)27-36-57(60)45-23-32-54(33-24-45)66(16,17)18/h19-42H,1-18H3. The van der Waals surface area contributed by atoms with Gasteiger partial charge < -0.3 is 0 Å². The van der Waals surface area contributed by atoms with Crippen LogP contribution in [-0.2, 0) is 16.2 Å². The monoisotopic (exact) mass is 919 g/mol. The molecule has 0 N–H and O–H groups in total. The van der Waals surface area contributed by atoms with E-state index in [-0.39, 0.29) is 16.2 Å². The zero-order valence-corrected chi connectivity index (χ0v) is 46.9. The lowest BCUT2D eigenvalue weighted by Crippen LogP contribution is -2.37. The lowest BCUT2D eigenvalue weighted by Gasteiger charge is -2.25. The molecular weight excluding hydrogens is 841 g/mol.